The maximum atomic E-state index is 12.7. The minimum atomic E-state index is -0.325. The van der Waals surface area contributed by atoms with Gasteiger partial charge in [-0.05, 0) is 25.5 Å². The highest BCUT2D eigenvalue weighted by Gasteiger charge is 2.16. The molecular formula is C23H24ClNO2. The molecule has 3 nitrogen and oxygen atoms in total. The smallest absolute Gasteiger partial charge is 0.338 e. The molecule has 140 valence electrons. The van der Waals surface area contributed by atoms with Crippen molar-refractivity contribution in [3.05, 3.63) is 64.7 Å². The second-order valence-electron chi connectivity index (χ2n) is 6.75. The van der Waals surface area contributed by atoms with Crippen LogP contribution in [-0.4, -0.2) is 17.6 Å². The van der Waals surface area contributed by atoms with Crippen LogP contribution in [0.4, 0.5) is 0 Å². The van der Waals surface area contributed by atoms with Gasteiger partial charge >= 0.3 is 5.97 Å². The molecule has 0 aliphatic rings. The molecule has 3 rings (SSSR count). The summed E-state index contributed by atoms with van der Waals surface area (Å²) in [4.78, 5) is 17.4. The normalized spacial score (nSPS) is 10.9. The lowest BCUT2D eigenvalue weighted by molar-refractivity contribution is 0.0500. The molecule has 0 fully saturated rings. The van der Waals surface area contributed by atoms with Gasteiger partial charge < -0.3 is 4.74 Å². The molecule has 0 N–H and O–H groups in total. The fraction of sp³-hybridized carbons (Fsp3) is 0.304. The number of benzene rings is 2. The fourth-order valence-corrected chi connectivity index (χ4v) is 3.24. The highest BCUT2D eigenvalue weighted by molar-refractivity contribution is 6.35. The number of pyridine rings is 1. The van der Waals surface area contributed by atoms with Crippen molar-refractivity contribution < 1.29 is 9.53 Å². The standard InChI is InChI=1S/C23H24ClNO2/c1-3-4-5-6-14-27-23(26)19-15-21(17-12-10-16(2)11-13-17)25-22-18(19)8-7-9-20(22)24/h7-13,15H,3-6,14H2,1-2H3. The lowest BCUT2D eigenvalue weighted by atomic mass is 10.0. The van der Waals surface area contributed by atoms with E-state index in [1.165, 1.54) is 5.56 Å². The highest BCUT2D eigenvalue weighted by atomic mass is 35.5. The van der Waals surface area contributed by atoms with Gasteiger partial charge in [-0.1, -0.05) is 79.7 Å². The predicted molar refractivity (Wildman–Crippen MR) is 111 cm³/mol. The van der Waals surface area contributed by atoms with E-state index in [2.05, 4.69) is 6.92 Å². The van der Waals surface area contributed by atoms with Crippen molar-refractivity contribution >= 4 is 28.5 Å². The van der Waals surface area contributed by atoms with Crippen LogP contribution < -0.4 is 0 Å². The Labute approximate surface area is 165 Å². The van der Waals surface area contributed by atoms with E-state index in [9.17, 15) is 4.79 Å². The number of halogens is 1. The summed E-state index contributed by atoms with van der Waals surface area (Å²) in [6.45, 7) is 4.63. The highest BCUT2D eigenvalue weighted by Crippen LogP contribution is 2.29. The number of carbonyl (C=O) groups is 1. The van der Waals surface area contributed by atoms with Gasteiger partial charge in [0, 0.05) is 10.9 Å². The van der Waals surface area contributed by atoms with E-state index >= 15 is 0 Å². The second-order valence-corrected chi connectivity index (χ2v) is 7.16. The van der Waals surface area contributed by atoms with Gasteiger partial charge in [-0.25, -0.2) is 9.78 Å². The minimum Gasteiger partial charge on any atom is -0.462 e. The van der Waals surface area contributed by atoms with Crippen LogP contribution >= 0.6 is 11.6 Å². The summed E-state index contributed by atoms with van der Waals surface area (Å²) in [7, 11) is 0. The molecule has 27 heavy (non-hydrogen) atoms. The van der Waals surface area contributed by atoms with Gasteiger partial charge in [0.05, 0.1) is 28.4 Å². The number of aromatic nitrogens is 1. The number of aryl methyl sites for hydroxylation is 1. The summed E-state index contributed by atoms with van der Waals surface area (Å²) in [6.07, 6.45) is 4.26. The summed E-state index contributed by atoms with van der Waals surface area (Å²) in [5.41, 5.74) is 3.96. The molecule has 0 unspecified atom stereocenters. The number of esters is 1. The maximum absolute atomic E-state index is 12.7. The Balaban J connectivity index is 1.96. The second kappa shape index (κ2) is 9.01. The molecular weight excluding hydrogens is 358 g/mol. The van der Waals surface area contributed by atoms with Gasteiger partial charge in [0.15, 0.2) is 0 Å². The number of carbonyl (C=O) groups excluding carboxylic acids is 1. The molecule has 0 atom stereocenters. The van der Waals surface area contributed by atoms with E-state index in [1.807, 2.05) is 43.3 Å². The summed E-state index contributed by atoms with van der Waals surface area (Å²) in [5, 5.41) is 1.25. The molecule has 0 saturated carbocycles. The molecule has 0 amide bonds. The van der Waals surface area contributed by atoms with E-state index in [-0.39, 0.29) is 5.97 Å². The zero-order valence-electron chi connectivity index (χ0n) is 15.8. The van der Waals surface area contributed by atoms with Crippen LogP contribution in [0.5, 0.6) is 0 Å². The summed E-state index contributed by atoms with van der Waals surface area (Å²) >= 11 is 6.37. The van der Waals surface area contributed by atoms with Crippen molar-refractivity contribution in [1.29, 1.82) is 0 Å². The van der Waals surface area contributed by atoms with E-state index in [1.54, 1.807) is 12.1 Å². The molecule has 0 aliphatic carbocycles. The number of hydrogen-bond acceptors (Lipinski definition) is 3. The van der Waals surface area contributed by atoms with Crippen molar-refractivity contribution in [3.8, 4) is 11.3 Å². The SMILES string of the molecule is CCCCCCOC(=O)c1cc(-c2ccc(C)cc2)nc2c(Cl)cccc12. The summed E-state index contributed by atoms with van der Waals surface area (Å²) in [6, 6.07) is 15.3. The first-order valence-corrected chi connectivity index (χ1v) is 9.81. The molecule has 2 aromatic carbocycles. The Morgan fingerprint density at radius 2 is 1.85 bits per heavy atom. The van der Waals surface area contributed by atoms with Gasteiger partial charge in [0.2, 0.25) is 0 Å². The Morgan fingerprint density at radius 3 is 2.59 bits per heavy atom. The third-order valence-electron chi connectivity index (χ3n) is 4.59. The van der Waals surface area contributed by atoms with Gasteiger partial charge in [-0.15, -0.1) is 0 Å². The fourth-order valence-electron chi connectivity index (χ4n) is 3.03. The zero-order valence-corrected chi connectivity index (χ0v) is 16.6. The van der Waals surface area contributed by atoms with Crippen LogP contribution in [0.1, 0.15) is 48.5 Å². The van der Waals surface area contributed by atoms with E-state index in [0.717, 1.165) is 36.6 Å². The Bertz CT molecular complexity index is 935. The number of nitrogens with zero attached hydrogens (tertiary/aromatic N) is 1. The Morgan fingerprint density at radius 1 is 1.07 bits per heavy atom. The van der Waals surface area contributed by atoms with Crippen molar-refractivity contribution in [3.63, 3.8) is 0 Å². The van der Waals surface area contributed by atoms with Gasteiger partial charge in [-0.3, -0.25) is 0 Å². The molecule has 1 heterocycles. The van der Waals surface area contributed by atoms with E-state index < -0.39 is 0 Å². The van der Waals surface area contributed by atoms with Crippen LogP contribution in [0.2, 0.25) is 5.02 Å². The van der Waals surface area contributed by atoms with Crippen LogP contribution in [0.25, 0.3) is 22.2 Å². The largest absolute Gasteiger partial charge is 0.462 e. The van der Waals surface area contributed by atoms with Gasteiger partial charge in [0.1, 0.15) is 0 Å². The van der Waals surface area contributed by atoms with Crippen LogP contribution in [0.3, 0.4) is 0 Å². The summed E-state index contributed by atoms with van der Waals surface area (Å²) < 4.78 is 5.52. The van der Waals surface area contributed by atoms with Crippen LogP contribution in [-0.2, 0) is 4.74 Å². The number of fused-ring (bicyclic) bond motifs is 1. The maximum Gasteiger partial charge on any atom is 0.338 e. The average molecular weight is 382 g/mol. The average Bonchev–Trinajstić information content (AvgIpc) is 2.68. The summed E-state index contributed by atoms with van der Waals surface area (Å²) in [5.74, 6) is -0.325. The lowest BCUT2D eigenvalue weighted by Gasteiger charge is -2.11. The van der Waals surface area contributed by atoms with Gasteiger partial charge in [0.25, 0.3) is 0 Å². The first-order chi connectivity index (χ1) is 13.1. The van der Waals surface area contributed by atoms with Gasteiger partial charge in [-0.2, -0.15) is 0 Å². The molecule has 0 spiro atoms. The monoisotopic (exact) mass is 381 g/mol. The first-order valence-electron chi connectivity index (χ1n) is 9.43. The predicted octanol–water partition coefficient (Wildman–Crippen LogP) is 6.60. The van der Waals surface area contributed by atoms with E-state index in [0.29, 0.717) is 28.4 Å². The molecule has 0 saturated heterocycles. The number of para-hydroxylation sites is 1. The van der Waals surface area contributed by atoms with Crippen molar-refractivity contribution in [1.82, 2.24) is 4.98 Å². The molecule has 4 heteroatoms. The number of ether oxygens (including phenoxy) is 1. The third-order valence-corrected chi connectivity index (χ3v) is 4.89. The number of rotatable bonds is 7. The lowest BCUT2D eigenvalue weighted by Crippen LogP contribution is -2.08. The van der Waals surface area contributed by atoms with Crippen molar-refractivity contribution in [2.24, 2.45) is 0 Å². The molecule has 1 aromatic heterocycles. The number of hydrogen-bond donors (Lipinski definition) is 0. The molecule has 3 aromatic rings. The van der Waals surface area contributed by atoms with Crippen molar-refractivity contribution in [2.45, 2.75) is 39.5 Å². The topological polar surface area (TPSA) is 39.2 Å². The van der Waals surface area contributed by atoms with Crippen molar-refractivity contribution in [2.75, 3.05) is 6.61 Å². The molecule has 0 bridgehead atoms. The van der Waals surface area contributed by atoms with Crippen LogP contribution in [0.15, 0.2) is 48.5 Å². The number of unbranched alkanes of at least 4 members (excludes halogenated alkanes) is 3. The Hall–Kier alpha value is -2.39. The first kappa shape index (κ1) is 19.4. The Kier molecular flexibility index (Phi) is 6.46. The molecule has 0 radical (unpaired) electrons. The van der Waals surface area contributed by atoms with E-state index in [4.69, 9.17) is 21.3 Å². The quantitative estimate of drug-likeness (QED) is 0.342. The molecule has 0 aliphatic heterocycles. The van der Waals surface area contributed by atoms with Crippen LogP contribution in [0, 0.1) is 6.92 Å². The zero-order chi connectivity index (χ0) is 19.2. The third kappa shape index (κ3) is 4.67. The minimum absolute atomic E-state index is 0.325.